The predicted molar refractivity (Wildman–Crippen MR) is 86.6 cm³/mol. The Kier molecular flexibility index (Phi) is 3.92. The van der Waals surface area contributed by atoms with Crippen molar-refractivity contribution in [2.45, 2.75) is 38.6 Å². The van der Waals surface area contributed by atoms with Crippen molar-refractivity contribution in [1.29, 1.82) is 0 Å². The molecule has 0 unspecified atom stereocenters. The summed E-state index contributed by atoms with van der Waals surface area (Å²) in [5.74, 6) is 2.53. The van der Waals surface area contributed by atoms with E-state index in [2.05, 4.69) is 12.2 Å². The van der Waals surface area contributed by atoms with Crippen LogP contribution in [0.25, 0.3) is 0 Å². The maximum atomic E-state index is 12.4. The second kappa shape index (κ2) is 5.70. The van der Waals surface area contributed by atoms with Crippen LogP contribution in [0.15, 0.2) is 24.3 Å². The molecule has 21 heavy (non-hydrogen) atoms. The molecule has 0 aliphatic heterocycles. The van der Waals surface area contributed by atoms with Crippen molar-refractivity contribution < 1.29 is 4.79 Å². The number of amides is 1. The number of hydrogen-bond acceptors (Lipinski definition) is 2. The van der Waals surface area contributed by atoms with Gasteiger partial charge in [-0.3, -0.25) is 4.79 Å². The van der Waals surface area contributed by atoms with Crippen LogP contribution in [-0.4, -0.2) is 26.0 Å². The summed E-state index contributed by atoms with van der Waals surface area (Å²) in [5, 5.41) is 3.22. The number of carbonyl (C=O) groups excluding carboxylic acids is 1. The van der Waals surface area contributed by atoms with Gasteiger partial charge in [-0.05, 0) is 68.2 Å². The van der Waals surface area contributed by atoms with Gasteiger partial charge in [-0.2, -0.15) is 0 Å². The van der Waals surface area contributed by atoms with Crippen molar-refractivity contribution >= 4 is 11.6 Å². The molecule has 3 rings (SSSR count). The zero-order chi connectivity index (χ0) is 15.0. The second-order valence-electron chi connectivity index (χ2n) is 7.04. The van der Waals surface area contributed by atoms with Gasteiger partial charge in [-0.25, -0.2) is 0 Å². The molecule has 2 bridgehead atoms. The maximum Gasteiger partial charge on any atom is 0.251 e. The number of fused-ring (bicyclic) bond motifs is 2. The van der Waals surface area contributed by atoms with E-state index in [4.69, 9.17) is 0 Å². The Morgan fingerprint density at radius 1 is 1.19 bits per heavy atom. The van der Waals surface area contributed by atoms with E-state index in [1.54, 1.807) is 0 Å². The summed E-state index contributed by atoms with van der Waals surface area (Å²) in [5.41, 5.74) is 1.88. The van der Waals surface area contributed by atoms with Crippen LogP contribution in [-0.2, 0) is 0 Å². The molecule has 1 aromatic rings. The molecule has 4 atom stereocenters. The van der Waals surface area contributed by atoms with Crippen LogP contribution in [0.2, 0.25) is 0 Å². The lowest BCUT2D eigenvalue weighted by Crippen LogP contribution is -2.40. The Labute approximate surface area is 127 Å². The van der Waals surface area contributed by atoms with Crippen LogP contribution < -0.4 is 10.2 Å². The van der Waals surface area contributed by atoms with Crippen LogP contribution in [0.3, 0.4) is 0 Å². The molecule has 2 aliphatic rings. The third-order valence-electron chi connectivity index (χ3n) is 5.44. The third kappa shape index (κ3) is 2.92. The number of anilines is 1. The molecule has 0 aromatic heterocycles. The molecular formula is C18H26N2O. The monoisotopic (exact) mass is 286 g/mol. The van der Waals surface area contributed by atoms with Gasteiger partial charge in [0.05, 0.1) is 0 Å². The van der Waals surface area contributed by atoms with Crippen LogP contribution in [0, 0.1) is 17.8 Å². The molecular weight excluding hydrogens is 260 g/mol. The Balaban J connectivity index is 1.60. The maximum absolute atomic E-state index is 12.4. The lowest BCUT2D eigenvalue weighted by atomic mass is 9.84. The number of nitrogens with one attached hydrogen (secondary N) is 1. The van der Waals surface area contributed by atoms with Gasteiger partial charge in [0.2, 0.25) is 0 Å². The molecule has 0 heterocycles. The molecule has 1 aromatic carbocycles. The van der Waals surface area contributed by atoms with E-state index >= 15 is 0 Å². The van der Waals surface area contributed by atoms with Gasteiger partial charge in [0, 0.05) is 31.4 Å². The lowest BCUT2D eigenvalue weighted by Gasteiger charge is -2.28. The standard InChI is InChI=1S/C18H26N2O/c1-12(17-11-13-4-5-15(17)10-13)19-18(21)14-6-8-16(9-7-14)20(2)3/h6-9,12-13,15,17H,4-5,10-11H2,1-3H3,(H,19,21)/t12-,13-,15-,17+/m0/s1. The normalized spacial score (nSPS) is 28.4. The predicted octanol–water partition coefficient (Wildman–Crippen LogP) is 3.31. The zero-order valence-corrected chi connectivity index (χ0v) is 13.3. The Morgan fingerprint density at radius 3 is 2.43 bits per heavy atom. The smallest absolute Gasteiger partial charge is 0.251 e. The topological polar surface area (TPSA) is 32.3 Å². The highest BCUT2D eigenvalue weighted by atomic mass is 16.1. The Bertz CT molecular complexity index is 508. The first-order valence-electron chi connectivity index (χ1n) is 8.13. The van der Waals surface area contributed by atoms with E-state index in [0.717, 1.165) is 23.1 Å². The minimum absolute atomic E-state index is 0.0654. The van der Waals surface area contributed by atoms with Gasteiger partial charge in [0.1, 0.15) is 0 Å². The molecule has 3 nitrogen and oxygen atoms in total. The Hall–Kier alpha value is -1.51. The summed E-state index contributed by atoms with van der Waals surface area (Å²) in [6, 6.07) is 8.12. The van der Waals surface area contributed by atoms with Crippen molar-refractivity contribution in [3.05, 3.63) is 29.8 Å². The number of hydrogen-bond donors (Lipinski definition) is 1. The highest BCUT2D eigenvalue weighted by molar-refractivity contribution is 5.94. The summed E-state index contributed by atoms with van der Waals surface area (Å²) in [6.07, 6.45) is 5.48. The number of nitrogens with zero attached hydrogens (tertiary/aromatic N) is 1. The molecule has 114 valence electrons. The van der Waals surface area contributed by atoms with Crippen molar-refractivity contribution in [3.63, 3.8) is 0 Å². The van der Waals surface area contributed by atoms with Crippen LogP contribution in [0.5, 0.6) is 0 Å². The highest BCUT2D eigenvalue weighted by Gasteiger charge is 2.42. The summed E-state index contributed by atoms with van der Waals surface area (Å²) in [6.45, 7) is 2.18. The molecule has 2 aliphatic carbocycles. The molecule has 2 saturated carbocycles. The van der Waals surface area contributed by atoms with E-state index in [1.807, 2.05) is 43.3 Å². The average molecular weight is 286 g/mol. The molecule has 1 amide bonds. The molecule has 3 heteroatoms. The van der Waals surface area contributed by atoms with Gasteiger partial charge in [-0.1, -0.05) is 6.42 Å². The van der Waals surface area contributed by atoms with Crippen molar-refractivity contribution in [2.75, 3.05) is 19.0 Å². The molecule has 0 spiro atoms. The first-order valence-corrected chi connectivity index (χ1v) is 8.13. The number of benzene rings is 1. The van der Waals surface area contributed by atoms with Crippen molar-refractivity contribution in [3.8, 4) is 0 Å². The van der Waals surface area contributed by atoms with E-state index in [9.17, 15) is 4.79 Å². The second-order valence-corrected chi connectivity index (χ2v) is 7.04. The van der Waals surface area contributed by atoms with Gasteiger partial charge < -0.3 is 10.2 Å². The lowest BCUT2D eigenvalue weighted by molar-refractivity contribution is 0.0915. The SMILES string of the molecule is C[C@H](NC(=O)c1ccc(N(C)C)cc1)[C@H]1C[C@H]2CC[C@H]1C2. The minimum atomic E-state index is 0.0654. The van der Waals surface area contributed by atoms with Crippen LogP contribution in [0.1, 0.15) is 43.0 Å². The molecule has 0 radical (unpaired) electrons. The quantitative estimate of drug-likeness (QED) is 0.921. The van der Waals surface area contributed by atoms with Crippen molar-refractivity contribution in [1.82, 2.24) is 5.32 Å². The largest absolute Gasteiger partial charge is 0.378 e. The summed E-state index contributed by atoms with van der Waals surface area (Å²) < 4.78 is 0. The summed E-state index contributed by atoms with van der Waals surface area (Å²) in [4.78, 5) is 14.4. The van der Waals surface area contributed by atoms with Crippen LogP contribution >= 0.6 is 0 Å². The number of rotatable bonds is 4. The summed E-state index contributed by atoms with van der Waals surface area (Å²) >= 11 is 0. The fraction of sp³-hybridized carbons (Fsp3) is 0.611. The molecule has 1 N–H and O–H groups in total. The third-order valence-corrected chi connectivity index (χ3v) is 5.44. The Morgan fingerprint density at radius 2 is 1.90 bits per heavy atom. The van der Waals surface area contributed by atoms with Gasteiger partial charge in [0.15, 0.2) is 0 Å². The van der Waals surface area contributed by atoms with Gasteiger partial charge in [-0.15, -0.1) is 0 Å². The first kappa shape index (κ1) is 14.4. The fourth-order valence-corrected chi connectivity index (χ4v) is 4.21. The fourth-order valence-electron chi connectivity index (χ4n) is 4.21. The zero-order valence-electron chi connectivity index (χ0n) is 13.3. The molecule has 0 saturated heterocycles. The van der Waals surface area contributed by atoms with E-state index in [1.165, 1.54) is 25.7 Å². The van der Waals surface area contributed by atoms with Gasteiger partial charge in [0.25, 0.3) is 5.91 Å². The van der Waals surface area contributed by atoms with E-state index in [-0.39, 0.29) is 5.91 Å². The first-order chi connectivity index (χ1) is 10.0. The van der Waals surface area contributed by atoms with Gasteiger partial charge >= 0.3 is 0 Å². The highest BCUT2D eigenvalue weighted by Crippen LogP contribution is 2.49. The van der Waals surface area contributed by atoms with Crippen molar-refractivity contribution in [2.24, 2.45) is 17.8 Å². The van der Waals surface area contributed by atoms with E-state index in [0.29, 0.717) is 12.0 Å². The number of carbonyl (C=O) groups is 1. The average Bonchev–Trinajstić information content (AvgIpc) is 3.10. The van der Waals surface area contributed by atoms with Crippen LogP contribution in [0.4, 0.5) is 5.69 Å². The summed E-state index contributed by atoms with van der Waals surface area (Å²) in [7, 11) is 4.01. The minimum Gasteiger partial charge on any atom is -0.378 e. The van der Waals surface area contributed by atoms with E-state index < -0.39 is 0 Å². The molecule has 2 fully saturated rings.